The smallest absolute Gasteiger partial charge is 0.247 e. The highest BCUT2D eigenvalue weighted by atomic mass is 35.5. The van der Waals surface area contributed by atoms with Crippen molar-refractivity contribution in [1.82, 2.24) is 20.2 Å². The molecule has 4 aromatic rings. The number of rotatable bonds is 6. The molecule has 34 heavy (non-hydrogen) atoms. The van der Waals surface area contributed by atoms with Crippen LogP contribution in [0, 0.1) is 0 Å². The summed E-state index contributed by atoms with van der Waals surface area (Å²) in [5.41, 5.74) is 4.32. The van der Waals surface area contributed by atoms with E-state index in [1.165, 1.54) is 6.08 Å². The molecular weight excluding hydrogens is 454 g/mol. The lowest BCUT2D eigenvalue weighted by Crippen LogP contribution is -2.36. The summed E-state index contributed by atoms with van der Waals surface area (Å²) in [6.07, 6.45) is 2.86. The zero-order valence-corrected chi connectivity index (χ0v) is 19.0. The van der Waals surface area contributed by atoms with Gasteiger partial charge >= 0.3 is 0 Å². The number of ether oxygens (including phenoxy) is 1. The Kier molecular flexibility index (Phi) is 6.11. The lowest BCUT2D eigenvalue weighted by molar-refractivity contribution is -0.111. The number of H-pyrrole nitrogens is 1. The predicted molar refractivity (Wildman–Crippen MR) is 134 cm³/mol. The molecule has 3 heterocycles. The highest BCUT2D eigenvalue weighted by molar-refractivity contribution is 6.33. The quantitative estimate of drug-likeness (QED) is 0.355. The van der Waals surface area contributed by atoms with Crippen molar-refractivity contribution < 1.29 is 9.53 Å². The Morgan fingerprint density at radius 1 is 1.15 bits per heavy atom. The van der Waals surface area contributed by atoms with Crippen LogP contribution in [0.1, 0.15) is 0 Å². The third kappa shape index (κ3) is 4.57. The lowest BCUT2D eigenvalue weighted by Gasteiger charge is -2.29. The Labute approximate surface area is 200 Å². The first-order chi connectivity index (χ1) is 16.6. The molecule has 0 atom stereocenters. The van der Waals surface area contributed by atoms with Crippen molar-refractivity contribution in [1.29, 1.82) is 0 Å². The van der Waals surface area contributed by atoms with E-state index in [1.807, 2.05) is 12.1 Å². The number of halogens is 1. The van der Waals surface area contributed by atoms with Crippen molar-refractivity contribution in [2.45, 2.75) is 0 Å². The Morgan fingerprint density at radius 3 is 2.82 bits per heavy atom. The Morgan fingerprint density at radius 2 is 2.00 bits per heavy atom. The number of fused-ring (bicyclic) bond motifs is 1. The van der Waals surface area contributed by atoms with Crippen molar-refractivity contribution in [3.63, 3.8) is 0 Å². The third-order valence-electron chi connectivity index (χ3n) is 5.46. The second-order valence-corrected chi connectivity index (χ2v) is 8.10. The first-order valence-corrected chi connectivity index (χ1v) is 11.1. The molecular formula is C24H22ClN7O2. The monoisotopic (exact) mass is 475 g/mol. The molecule has 0 radical (unpaired) electrons. The van der Waals surface area contributed by atoms with Crippen LogP contribution in [0.2, 0.25) is 5.02 Å². The molecule has 10 heteroatoms. The molecule has 1 fully saturated rings. The minimum Gasteiger partial charge on any atom is -0.378 e. The number of carbonyl (C=O) groups excluding carboxylic acids is 1. The summed E-state index contributed by atoms with van der Waals surface area (Å²) in [6.45, 7) is 6.62. The number of nitrogens with zero attached hydrogens (tertiary/aromatic N) is 4. The van der Waals surface area contributed by atoms with Gasteiger partial charge in [-0.05, 0) is 42.5 Å². The third-order valence-corrected chi connectivity index (χ3v) is 5.79. The van der Waals surface area contributed by atoms with E-state index in [0.29, 0.717) is 52.2 Å². The van der Waals surface area contributed by atoms with E-state index in [4.69, 9.17) is 21.3 Å². The van der Waals surface area contributed by atoms with E-state index in [1.54, 1.807) is 24.4 Å². The second kappa shape index (κ2) is 9.50. The van der Waals surface area contributed by atoms with Gasteiger partial charge in [-0.2, -0.15) is 10.1 Å². The van der Waals surface area contributed by atoms with E-state index in [2.05, 4.69) is 49.4 Å². The van der Waals surface area contributed by atoms with Crippen molar-refractivity contribution >= 4 is 51.6 Å². The van der Waals surface area contributed by atoms with E-state index >= 15 is 0 Å². The van der Waals surface area contributed by atoms with Crippen molar-refractivity contribution in [3.05, 3.63) is 66.3 Å². The average Bonchev–Trinajstić information content (AvgIpc) is 3.34. The van der Waals surface area contributed by atoms with Crippen molar-refractivity contribution in [2.75, 3.05) is 41.8 Å². The lowest BCUT2D eigenvalue weighted by atomic mass is 10.1. The average molecular weight is 476 g/mol. The fourth-order valence-corrected chi connectivity index (χ4v) is 4.01. The Bertz CT molecular complexity index is 1360. The number of aromatic amines is 1. The Balaban J connectivity index is 1.50. The number of hydrogen-bond donors (Lipinski definition) is 3. The molecule has 3 N–H and O–H groups in total. The molecule has 5 rings (SSSR count). The van der Waals surface area contributed by atoms with E-state index in [9.17, 15) is 4.79 Å². The first kappa shape index (κ1) is 21.9. The minimum atomic E-state index is -0.313. The minimum absolute atomic E-state index is 0.313. The van der Waals surface area contributed by atoms with Gasteiger partial charge in [0.05, 0.1) is 35.5 Å². The van der Waals surface area contributed by atoms with Crippen LogP contribution in [0.4, 0.5) is 23.0 Å². The number of nitrogens with one attached hydrogen (secondary N) is 3. The summed E-state index contributed by atoms with van der Waals surface area (Å²) in [7, 11) is 0. The van der Waals surface area contributed by atoms with Crippen LogP contribution in [0.5, 0.6) is 0 Å². The number of amides is 1. The first-order valence-electron chi connectivity index (χ1n) is 10.7. The van der Waals surface area contributed by atoms with Crippen LogP contribution in [0.25, 0.3) is 22.3 Å². The summed E-state index contributed by atoms with van der Waals surface area (Å²) in [6, 6.07) is 13.3. The summed E-state index contributed by atoms with van der Waals surface area (Å²) >= 11 is 6.53. The van der Waals surface area contributed by atoms with Gasteiger partial charge in [0, 0.05) is 35.7 Å². The molecule has 0 unspecified atom stereocenters. The molecule has 0 saturated carbocycles. The molecule has 2 aromatic heterocycles. The van der Waals surface area contributed by atoms with E-state index in [0.717, 1.165) is 24.5 Å². The summed E-state index contributed by atoms with van der Waals surface area (Å²) in [4.78, 5) is 23.4. The van der Waals surface area contributed by atoms with Crippen LogP contribution in [-0.4, -0.2) is 52.4 Å². The second-order valence-electron chi connectivity index (χ2n) is 7.69. The SMILES string of the molecule is C=CC(=O)Nc1ccc(Cl)c(-c2nc(Nc3cccc(N4CCOCC4)c3)nc3[nH]ncc23)c1. The maximum atomic E-state index is 11.8. The number of carbonyl (C=O) groups is 1. The Hall–Kier alpha value is -3.95. The van der Waals surface area contributed by atoms with Gasteiger partial charge < -0.3 is 20.3 Å². The number of benzene rings is 2. The molecule has 9 nitrogen and oxygen atoms in total. The predicted octanol–water partition coefficient (Wildman–Crippen LogP) is 4.38. The molecule has 1 amide bonds. The van der Waals surface area contributed by atoms with Crippen LogP contribution in [0.3, 0.4) is 0 Å². The molecule has 2 aromatic carbocycles. The van der Waals surface area contributed by atoms with Crippen molar-refractivity contribution in [3.8, 4) is 11.3 Å². The molecule has 1 aliphatic heterocycles. The van der Waals surface area contributed by atoms with Gasteiger partial charge in [0.15, 0.2) is 5.65 Å². The van der Waals surface area contributed by atoms with E-state index < -0.39 is 0 Å². The number of hydrogen-bond acceptors (Lipinski definition) is 7. The van der Waals surface area contributed by atoms with Gasteiger partial charge in [0.2, 0.25) is 11.9 Å². The largest absolute Gasteiger partial charge is 0.378 e. The van der Waals surface area contributed by atoms with Crippen LogP contribution < -0.4 is 15.5 Å². The summed E-state index contributed by atoms with van der Waals surface area (Å²) < 4.78 is 5.46. The fraction of sp³-hybridized carbons (Fsp3) is 0.167. The normalized spacial score (nSPS) is 13.6. The van der Waals surface area contributed by atoms with Gasteiger partial charge in [-0.3, -0.25) is 9.89 Å². The highest BCUT2D eigenvalue weighted by Gasteiger charge is 2.16. The van der Waals surface area contributed by atoms with Crippen LogP contribution in [-0.2, 0) is 9.53 Å². The molecule has 172 valence electrons. The molecule has 1 aliphatic rings. The topological polar surface area (TPSA) is 108 Å². The maximum Gasteiger partial charge on any atom is 0.247 e. The van der Waals surface area contributed by atoms with Gasteiger partial charge in [0.25, 0.3) is 0 Å². The fourth-order valence-electron chi connectivity index (χ4n) is 3.80. The van der Waals surface area contributed by atoms with Gasteiger partial charge in [-0.15, -0.1) is 0 Å². The van der Waals surface area contributed by atoms with Crippen LogP contribution in [0.15, 0.2) is 61.3 Å². The number of anilines is 4. The van der Waals surface area contributed by atoms with Crippen molar-refractivity contribution in [2.24, 2.45) is 0 Å². The zero-order chi connectivity index (χ0) is 23.5. The molecule has 1 saturated heterocycles. The maximum absolute atomic E-state index is 11.8. The number of aromatic nitrogens is 4. The van der Waals surface area contributed by atoms with Gasteiger partial charge in [-0.1, -0.05) is 24.2 Å². The summed E-state index contributed by atoms with van der Waals surface area (Å²) in [5, 5.41) is 14.3. The standard InChI is InChI=1S/C24H22ClN7O2/c1-2-21(33)27-16-6-7-20(25)18(13-16)22-19-14-26-31-23(19)30-24(29-22)28-15-4-3-5-17(12-15)32-8-10-34-11-9-32/h2-7,12-14H,1,8-11H2,(H,27,33)(H2,26,28,29,30,31). The van der Waals surface area contributed by atoms with E-state index in [-0.39, 0.29) is 5.91 Å². The highest BCUT2D eigenvalue weighted by Crippen LogP contribution is 2.34. The molecule has 0 spiro atoms. The zero-order valence-electron chi connectivity index (χ0n) is 18.2. The number of morpholine rings is 1. The van der Waals surface area contributed by atoms with Crippen LogP contribution >= 0.6 is 11.6 Å². The molecule has 0 bridgehead atoms. The molecule has 0 aliphatic carbocycles. The van der Waals surface area contributed by atoms with Gasteiger partial charge in [0.1, 0.15) is 0 Å². The van der Waals surface area contributed by atoms with Gasteiger partial charge in [-0.25, -0.2) is 4.98 Å². The summed E-state index contributed by atoms with van der Waals surface area (Å²) in [5.74, 6) is 0.0781.